The number of fused-ring (bicyclic) bond motifs is 3. The minimum Gasteiger partial charge on any atom is -0.273 e. The molecule has 146 valence electrons. The van der Waals surface area contributed by atoms with Crippen LogP contribution in [0.2, 0.25) is 0 Å². The fraction of sp³-hybridized carbons (Fsp3) is 0.524. The largest absolute Gasteiger partial charge is 0.290 e. The van der Waals surface area contributed by atoms with Gasteiger partial charge in [0.15, 0.2) is 0 Å². The van der Waals surface area contributed by atoms with Crippen molar-refractivity contribution in [2.75, 3.05) is 5.43 Å². The third kappa shape index (κ3) is 2.67. The number of thiophene rings is 1. The van der Waals surface area contributed by atoms with Crippen molar-refractivity contribution in [3.8, 4) is 0 Å². The zero-order valence-electron chi connectivity index (χ0n) is 16.2. The summed E-state index contributed by atoms with van der Waals surface area (Å²) in [5.74, 6) is 1.21. The average molecular weight is 397 g/mol. The van der Waals surface area contributed by atoms with Gasteiger partial charge in [-0.15, -0.1) is 11.3 Å². The third-order valence-electron chi connectivity index (χ3n) is 6.24. The van der Waals surface area contributed by atoms with Crippen molar-refractivity contribution in [1.29, 1.82) is 0 Å². The predicted molar refractivity (Wildman–Crippen MR) is 112 cm³/mol. The van der Waals surface area contributed by atoms with Crippen molar-refractivity contribution in [3.63, 3.8) is 0 Å². The topological polar surface area (TPSA) is 76.9 Å². The zero-order chi connectivity index (χ0) is 19.4. The number of pyridine rings is 1. The maximum Gasteiger partial charge on any atom is 0.290 e. The number of rotatable bonds is 4. The van der Waals surface area contributed by atoms with Gasteiger partial charge in [0.05, 0.1) is 5.52 Å². The first-order valence-corrected chi connectivity index (χ1v) is 11.0. The van der Waals surface area contributed by atoms with Gasteiger partial charge in [-0.05, 0) is 43.2 Å². The Hall–Kier alpha value is -2.28. The molecule has 3 aromatic heterocycles. The molecule has 3 aromatic rings. The standard InChI is InChI=1S/C21H24N4O2S/c1-11(2)14-9-10-22-20-15(14)16-17(28-20)21(27)25(18(23-16)12-5-3-6-12)24-19(26)13-7-4-8-13/h9-13H,3-8H2,1-2H3,(H,24,26). The molecule has 0 saturated heterocycles. The molecule has 3 heterocycles. The normalized spacial score (nSPS) is 17.8. The Morgan fingerprint density at radius 2 is 2.00 bits per heavy atom. The van der Waals surface area contributed by atoms with Crippen molar-refractivity contribution in [2.24, 2.45) is 5.92 Å². The van der Waals surface area contributed by atoms with Crippen LogP contribution in [0.15, 0.2) is 17.1 Å². The van der Waals surface area contributed by atoms with E-state index in [1.807, 2.05) is 6.07 Å². The summed E-state index contributed by atoms with van der Waals surface area (Å²) in [7, 11) is 0. The van der Waals surface area contributed by atoms with Crippen molar-refractivity contribution in [2.45, 2.75) is 64.2 Å². The molecule has 2 fully saturated rings. The number of amides is 1. The Balaban J connectivity index is 1.74. The van der Waals surface area contributed by atoms with E-state index >= 15 is 0 Å². The number of hydrogen-bond acceptors (Lipinski definition) is 5. The van der Waals surface area contributed by atoms with Gasteiger partial charge in [-0.2, -0.15) is 0 Å². The molecule has 0 radical (unpaired) electrons. The van der Waals surface area contributed by atoms with Gasteiger partial charge in [-0.1, -0.05) is 26.7 Å². The number of aromatic nitrogens is 3. The third-order valence-corrected chi connectivity index (χ3v) is 7.32. The van der Waals surface area contributed by atoms with E-state index < -0.39 is 0 Å². The number of nitrogens with zero attached hydrogens (tertiary/aromatic N) is 3. The maximum atomic E-state index is 13.4. The Morgan fingerprint density at radius 1 is 1.25 bits per heavy atom. The summed E-state index contributed by atoms with van der Waals surface area (Å²) in [6.45, 7) is 4.29. The van der Waals surface area contributed by atoms with E-state index in [0.29, 0.717) is 16.4 Å². The van der Waals surface area contributed by atoms with Crippen LogP contribution in [0.5, 0.6) is 0 Å². The van der Waals surface area contributed by atoms with Crippen molar-refractivity contribution < 1.29 is 4.79 Å². The molecule has 2 saturated carbocycles. The fourth-order valence-corrected chi connectivity index (χ4v) is 5.10. The van der Waals surface area contributed by atoms with Crippen LogP contribution in [0.1, 0.15) is 75.6 Å². The molecule has 5 rings (SSSR count). The number of carbonyl (C=O) groups excluding carboxylic acids is 1. The number of carbonyl (C=O) groups is 1. The smallest absolute Gasteiger partial charge is 0.273 e. The lowest BCUT2D eigenvalue weighted by Gasteiger charge is -2.29. The molecule has 0 aliphatic heterocycles. The molecule has 0 unspecified atom stereocenters. The number of hydrogen-bond donors (Lipinski definition) is 1. The van der Waals surface area contributed by atoms with E-state index in [1.54, 1.807) is 6.20 Å². The molecule has 6 nitrogen and oxygen atoms in total. The lowest BCUT2D eigenvalue weighted by Crippen LogP contribution is -2.41. The molecule has 2 aliphatic carbocycles. The highest BCUT2D eigenvalue weighted by Gasteiger charge is 2.31. The Labute approximate surface area is 167 Å². The predicted octanol–water partition coefficient (Wildman–Crippen LogP) is 4.27. The van der Waals surface area contributed by atoms with E-state index in [1.165, 1.54) is 21.6 Å². The summed E-state index contributed by atoms with van der Waals surface area (Å²) >= 11 is 1.38. The second-order valence-electron chi connectivity index (χ2n) is 8.36. The highest BCUT2D eigenvalue weighted by Crippen LogP contribution is 2.39. The van der Waals surface area contributed by atoms with Crippen LogP contribution >= 0.6 is 11.3 Å². The zero-order valence-corrected chi connectivity index (χ0v) is 17.0. The van der Waals surface area contributed by atoms with Crippen LogP contribution in [-0.2, 0) is 4.79 Å². The van der Waals surface area contributed by atoms with Crippen molar-refractivity contribution in [3.05, 3.63) is 34.0 Å². The first-order chi connectivity index (χ1) is 13.5. The molecule has 0 spiro atoms. The minimum atomic E-state index is -0.169. The summed E-state index contributed by atoms with van der Waals surface area (Å²) in [6, 6.07) is 2.02. The Morgan fingerprint density at radius 3 is 2.61 bits per heavy atom. The summed E-state index contributed by atoms with van der Waals surface area (Å²) in [5, 5.41) is 0.993. The molecule has 0 bridgehead atoms. The van der Waals surface area contributed by atoms with Crippen LogP contribution in [0.3, 0.4) is 0 Å². The summed E-state index contributed by atoms with van der Waals surface area (Å²) < 4.78 is 2.02. The van der Waals surface area contributed by atoms with E-state index in [-0.39, 0.29) is 23.3 Å². The molecular formula is C21H24N4O2S. The summed E-state index contributed by atoms with van der Waals surface area (Å²) in [5.41, 5.74) is 4.64. The van der Waals surface area contributed by atoms with Crippen molar-refractivity contribution >= 4 is 37.7 Å². The molecule has 1 amide bonds. The van der Waals surface area contributed by atoms with Crippen LogP contribution in [0.25, 0.3) is 20.4 Å². The second-order valence-corrected chi connectivity index (χ2v) is 9.36. The summed E-state index contributed by atoms with van der Waals surface area (Å²) in [6.07, 6.45) is 7.84. The fourth-order valence-electron chi connectivity index (χ4n) is 4.05. The molecule has 0 aromatic carbocycles. The molecule has 1 N–H and O–H groups in total. The van der Waals surface area contributed by atoms with Crippen LogP contribution in [0.4, 0.5) is 0 Å². The quantitative estimate of drug-likeness (QED) is 0.714. The van der Waals surface area contributed by atoms with E-state index in [4.69, 9.17) is 4.98 Å². The maximum absolute atomic E-state index is 13.4. The SMILES string of the molecule is CC(C)c1ccnc2sc3c(=O)n(NC(=O)C4CCC4)c(C4CCC4)nc3c12. The Kier molecular flexibility index (Phi) is 4.23. The van der Waals surface area contributed by atoms with Crippen LogP contribution in [0, 0.1) is 5.92 Å². The molecule has 7 heteroatoms. The lowest BCUT2D eigenvalue weighted by atomic mass is 9.84. The monoisotopic (exact) mass is 396 g/mol. The van der Waals surface area contributed by atoms with E-state index in [0.717, 1.165) is 54.3 Å². The van der Waals surface area contributed by atoms with Gasteiger partial charge in [-0.25, -0.2) is 14.6 Å². The number of nitrogens with one attached hydrogen (secondary N) is 1. The molecular weight excluding hydrogens is 372 g/mol. The Bertz CT molecular complexity index is 1140. The van der Waals surface area contributed by atoms with Crippen LogP contribution < -0.4 is 11.0 Å². The second kappa shape index (κ2) is 6.65. The van der Waals surface area contributed by atoms with E-state index in [2.05, 4.69) is 24.3 Å². The minimum absolute atomic E-state index is 0.0217. The van der Waals surface area contributed by atoms with Gasteiger partial charge in [0, 0.05) is 23.4 Å². The first-order valence-electron chi connectivity index (χ1n) is 10.2. The molecule has 28 heavy (non-hydrogen) atoms. The van der Waals surface area contributed by atoms with Gasteiger partial charge in [0.25, 0.3) is 5.56 Å². The molecule has 0 atom stereocenters. The van der Waals surface area contributed by atoms with Crippen molar-refractivity contribution in [1.82, 2.24) is 14.6 Å². The highest BCUT2D eigenvalue weighted by molar-refractivity contribution is 7.25. The van der Waals surface area contributed by atoms with Gasteiger partial charge in [0.1, 0.15) is 15.4 Å². The van der Waals surface area contributed by atoms with Crippen LogP contribution in [-0.4, -0.2) is 20.6 Å². The molecule has 2 aliphatic rings. The summed E-state index contributed by atoms with van der Waals surface area (Å²) in [4.78, 5) is 36.3. The van der Waals surface area contributed by atoms with Gasteiger partial charge in [0.2, 0.25) is 5.91 Å². The average Bonchev–Trinajstić information content (AvgIpc) is 2.94. The highest BCUT2D eigenvalue weighted by atomic mass is 32.1. The first kappa shape index (κ1) is 17.8. The van der Waals surface area contributed by atoms with Gasteiger partial charge in [-0.3, -0.25) is 15.0 Å². The van der Waals surface area contributed by atoms with E-state index in [9.17, 15) is 9.59 Å². The van der Waals surface area contributed by atoms with Gasteiger partial charge < -0.3 is 0 Å². The van der Waals surface area contributed by atoms with Gasteiger partial charge >= 0.3 is 0 Å². The lowest BCUT2D eigenvalue weighted by molar-refractivity contribution is -0.123.